The van der Waals surface area contributed by atoms with Crippen molar-refractivity contribution < 1.29 is 4.79 Å². The molecule has 0 bridgehead atoms. The summed E-state index contributed by atoms with van der Waals surface area (Å²) < 4.78 is 2.24. The van der Waals surface area contributed by atoms with Crippen LogP contribution in [0.4, 0.5) is 17.5 Å². The van der Waals surface area contributed by atoms with E-state index in [0.717, 1.165) is 61.2 Å². The van der Waals surface area contributed by atoms with Gasteiger partial charge in [0, 0.05) is 30.9 Å². The van der Waals surface area contributed by atoms with Gasteiger partial charge in [0.25, 0.3) is 0 Å². The van der Waals surface area contributed by atoms with Crippen LogP contribution < -0.4 is 10.2 Å². The van der Waals surface area contributed by atoms with Crippen LogP contribution >= 0.6 is 0 Å². The molecule has 1 N–H and O–H groups in total. The van der Waals surface area contributed by atoms with Crippen LogP contribution in [0, 0.1) is 11.8 Å². The monoisotopic (exact) mass is 504 g/mol. The minimum atomic E-state index is 0.0700. The molecule has 0 radical (unpaired) electrons. The van der Waals surface area contributed by atoms with Crippen molar-refractivity contribution in [3.63, 3.8) is 0 Å². The van der Waals surface area contributed by atoms with Gasteiger partial charge in [-0.3, -0.25) is 9.36 Å². The number of imidazole rings is 1. The van der Waals surface area contributed by atoms with Crippen LogP contribution in [0.25, 0.3) is 11.2 Å². The molecule has 1 aromatic carbocycles. The van der Waals surface area contributed by atoms with Crippen LogP contribution in [0.15, 0.2) is 36.4 Å². The molecule has 200 valence electrons. The summed E-state index contributed by atoms with van der Waals surface area (Å²) >= 11 is 0. The Morgan fingerprint density at radius 2 is 1.59 bits per heavy atom. The molecule has 3 aromatic rings. The maximum absolute atomic E-state index is 11.7. The van der Waals surface area contributed by atoms with Crippen LogP contribution in [-0.4, -0.2) is 57.9 Å². The molecular weight excluding hydrogens is 460 g/mol. The Balaban J connectivity index is 1.64. The minimum Gasteiger partial charge on any atom is -0.356 e. The van der Waals surface area contributed by atoms with Crippen LogP contribution in [-0.2, 0) is 6.54 Å². The lowest BCUT2D eigenvalue weighted by Crippen LogP contribution is -2.32. The molecule has 7 nitrogen and oxygen atoms in total. The maximum atomic E-state index is 11.7. The number of carbonyl (C=O) groups excluding carboxylic acids is 1. The summed E-state index contributed by atoms with van der Waals surface area (Å²) in [6.07, 6.45) is 5.03. The fraction of sp³-hybridized carbons (Fsp3) is 0.567. The van der Waals surface area contributed by atoms with E-state index in [9.17, 15) is 4.79 Å². The molecular formula is C30H44N6O. The van der Waals surface area contributed by atoms with Gasteiger partial charge in [0.15, 0.2) is 11.4 Å². The number of rotatable bonds is 12. The van der Waals surface area contributed by atoms with Gasteiger partial charge in [-0.05, 0) is 94.1 Å². The Morgan fingerprint density at radius 1 is 0.919 bits per heavy atom. The van der Waals surface area contributed by atoms with Crippen molar-refractivity contribution in [3.05, 3.63) is 42.0 Å². The number of likely N-dealkylation sites (tertiary alicyclic amines) is 1. The molecule has 3 heterocycles. The second-order valence-corrected chi connectivity index (χ2v) is 11.3. The molecule has 0 spiro atoms. The van der Waals surface area contributed by atoms with Crippen molar-refractivity contribution in [1.29, 1.82) is 0 Å². The van der Waals surface area contributed by atoms with Crippen LogP contribution in [0.5, 0.6) is 0 Å². The van der Waals surface area contributed by atoms with E-state index in [0.29, 0.717) is 17.4 Å². The van der Waals surface area contributed by atoms with E-state index in [1.54, 1.807) is 6.92 Å². The van der Waals surface area contributed by atoms with Gasteiger partial charge in [-0.1, -0.05) is 34.1 Å². The Bertz CT molecular complexity index is 1150. The lowest BCUT2D eigenvalue weighted by atomic mass is 10.1. The molecule has 0 atom stereocenters. The third-order valence-corrected chi connectivity index (χ3v) is 6.92. The maximum Gasteiger partial charge on any atom is 0.209 e. The van der Waals surface area contributed by atoms with Crippen molar-refractivity contribution in [1.82, 2.24) is 19.4 Å². The summed E-state index contributed by atoms with van der Waals surface area (Å²) in [7, 11) is 0. The van der Waals surface area contributed by atoms with E-state index in [1.807, 2.05) is 24.3 Å². The normalized spacial score (nSPS) is 14.6. The van der Waals surface area contributed by atoms with E-state index >= 15 is 0 Å². The van der Waals surface area contributed by atoms with Crippen LogP contribution in [0.3, 0.4) is 0 Å². The molecule has 1 aliphatic heterocycles. The van der Waals surface area contributed by atoms with E-state index < -0.39 is 0 Å². The molecule has 2 aromatic heterocycles. The van der Waals surface area contributed by atoms with Gasteiger partial charge in [-0.25, -0.2) is 9.97 Å². The largest absolute Gasteiger partial charge is 0.356 e. The van der Waals surface area contributed by atoms with Gasteiger partial charge in [0.2, 0.25) is 5.95 Å². The topological polar surface area (TPSA) is 66.3 Å². The lowest BCUT2D eigenvalue weighted by Gasteiger charge is -2.27. The Kier molecular flexibility index (Phi) is 9.19. The van der Waals surface area contributed by atoms with Gasteiger partial charge < -0.3 is 15.1 Å². The van der Waals surface area contributed by atoms with E-state index in [-0.39, 0.29) is 5.78 Å². The Labute approximate surface area is 222 Å². The number of Topliss-reactive ketones (excluding diaryl/α,β-unsaturated/α-hetero) is 1. The number of nitrogens with zero attached hydrogens (tertiary/aromatic N) is 5. The first kappa shape index (κ1) is 27.1. The summed E-state index contributed by atoms with van der Waals surface area (Å²) in [5.41, 5.74) is 3.46. The fourth-order valence-electron chi connectivity index (χ4n) is 5.17. The second-order valence-electron chi connectivity index (χ2n) is 11.3. The highest BCUT2D eigenvalue weighted by Gasteiger charge is 2.18. The molecule has 0 saturated carbocycles. The number of aromatic nitrogens is 3. The van der Waals surface area contributed by atoms with Crippen molar-refractivity contribution in [2.75, 3.05) is 42.9 Å². The summed E-state index contributed by atoms with van der Waals surface area (Å²) in [6, 6.07) is 11.8. The second kappa shape index (κ2) is 12.5. The average molecular weight is 505 g/mol. The van der Waals surface area contributed by atoms with Gasteiger partial charge in [0.05, 0.1) is 0 Å². The number of pyridine rings is 1. The van der Waals surface area contributed by atoms with Gasteiger partial charge in [-0.2, -0.15) is 0 Å². The molecule has 4 rings (SSSR count). The van der Waals surface area contributed by atoms with E-state index in [4.69, 9.17) is 9.97 Å². The number of ketones is 1. The molecule has 0 unspecified atom stereocenters. The molecule has 0 aliphatic carbocycles. The highest BCUT2D eigenvalue weighted by atomic mass is 16.1. The van der Waals surface area contributed by atoms with Crippen molar-refractivity contribution >= 4 is 34.4 Å². The number of hydrogen-bond acceptors (Lipinski definition) is 6. The zero-order chi connectivity index (χ0) is 26.4. The zero-order valence-corrected chi connectivity index (χ0v) is 23.3. The van der Waals surface area contributed by atoms with E-state index in [2.05, 4.69) is 59.5 Å². The Morgan fingerprint density at radius 3 is 2.22 bits per heavy atom. The highest BCUT2D eigenvalue weighted by Crippen LogP contribution is 2.26. The number of hydrogen-bond donors (Lipinski definition) is 1. The number of anilines is 3. The first-order valence-electron chi connectivity index (χ1n) is 14.0. The quantitative estimate of drug-likeness (QED) is 0.289. The number of benzene rings is 1. The molecule has 1 saturated heterocycles. The fourth-order valence-corrected chi connectivity index (χ4v) is 5.17. The first-order chi connectivity index (χ1) is 17.8. The summed E-state index contributed by atoms with van der Waals surface area (Å²) in [6.45, 7) is 17.0. The van der Waals surface area contributed by atoms with Crippen molar-refractivity contribution in [2.45, 2.75) is 66.8 Å². The molecule has 0 amide bonds. The van der Waals surface area contributed by atoms with Gasteiger partial charge in [-0.15, -0.1) is 0 Å². The third-order valence-electron chi connectivity index (χ3n) is 6.92. The number of piperidine rings is 1. The molecule has 37 heavy (non-hydrogen) atoms. The Hall–Kier alpha value is -2.93. The standard InChI is InChI=1S/C30H44N6O/c1-22(2)20-35(21-23(3)4)28-15-14-27-29(33-28)36(19-9-18-34-16-7-6-8-17-34)30(32-27)31-26-12-10-25(11-13-26)24(5)37/h10-15,22-23H,6-9,16-21H2,1-5H3,(H,31,32). The molecule has 1 aliphatic rings. The minimum absolute atomic E-state index is 0.0700. The van der Waals surface area contributed by atoms with Crippen molar-refractivity contribution in [3.8, 4) is 0 Å². The van der Waals surface area contributed by atoms with Crippen LogP contribution in [0.1, 0.15) is 70.7 Å². The number of nitrogens with one attached hydrogen (secondary N) is 1. The smallest absolute Gasteiger partial charge is 0.209 e. The molecule has 1 fully saturated rings. The first-order valence-corrected chi connectivity index (χ1v) is 14.0. The SMILES string of the molecule is CC(=O)c1ccc(Nc2nc3ccc(N(CC(C)C)CC(C)C)nc3n2CCCN2CCCCC2)cc1. The third kappa shape index (κ3) is 7.31. The highest BCUT2D eigenvalue weighted by molar-refractivity contribution is 5.94. The molecule has 7 heteroatoms. The predicted molar refractivity (Wildman–Crippen MR) is 154 cm³/mol. The van der Waals surface area contributed by atoms with E-state index in [1.165, 1.54) is 32.4 Å². The zero-order valence-electron chi connectivity index (χ0n) is 23.3. The predicted octanol–water partition coefficient (Wildman–Crippen LogP) is 6.37. The summed E-state index contributed by atoms with van der Waals surface area (Å²) in [4.78, 5) is 26.8. The average Bonchev–Trinajstić information content (AvgIpc) is 3.20. The van der Waals surface area contributed by atoms with Crippen LogP contribution in [0.2, 0.25) is 0 Å². The summed E-state index contributed by atoms with van der Waals surface area (Å²) in [5, 5.41) is 3.50. The number of fused-ring (bicyclic) bond motifs is 1. The summed E-state index contributed by atoms with van der Waals surface area (Å²) in [5.74, 6) is 3.00. The van der Waals surface area contributed by atoms with Gasteiger partial charge >= 0.3 is 0 Å². The number of carbonyl (C=O) groups is 1. The van der Waals surface area contributed by atoms with Gasteiger partial charge in [0.1, 0.15) is 11.3 Å². The number of aryl methyl sites for hydroxylation is 1. The van der Waals surface area contributed by atoms with Crippen molar-refractivity contribution in [2.24, 2.45) is 11.8 Å². The lowest BCUT2D eigenvalue weighted by molar-refractivity contribution is 0.101.